The van der Waals surface area contributed by atoms with Gasteiger partial charge in [-0.15, -0.1) is 0 Å². The van der Waals surface area contributed by atoms with E-state index in [1.807, 2.05) is 0 Å². The van der Waals surface area contributed by atoms with Crippen molar-refractivity contribution in [2.75, 3.05) is 6.54 Å². The third-order valence-electron chi connectivity index (χ3n) is 2.27. The fourth-order valence-corrected chi connectivity index (χ4v) is 1.64. The predicted molar refractivity (Wildman–Crippen MR) is 58.2 cm³/mol. The molecule has 7 nitrogen and oxygen atoms in total. The first-order chi connectivity index (χ1) is 8.70. The normalized spacial score (nSPS) is 14.9. The highest BCUT2D eigenvalue weighted by Crippen LogP contribution is 2.38. The SMILES string of the molecule is Cn1nc(C(F)(F)F)c(C(O)C(O)CN=[N+]=[N-])c1Cl. The summed E-state index contributed by atoms with van der Waals surface area (Å²) < 4.78 is 38.9. The van der Waals surface area contributed by atoms with Gasteiger partial charge < -0.3 is 10.2 Å². The molecular formula is C8H9ClF3N5O2. The Balaban J connectivity index is 3.21. The van der Waals surface area contributed by atoms with E-state index in [4.69, 9.17) is 17.1 Å². The smallest absolute Gasteiger partial charge is 0.390 e. The van der Waals surface area contributed by atoms with Gasteiger partial charge >= 0.3 is 6.18 Å². The van der Waals surface area contributed by atoms with E-state index in [0.717, 1.165) is 11.7 Å². The summed E-state index contributed by atoms with van der Waals surface area (Å²) in [4.78, 5) is 2.33. The first-order valence-corrected chi connectivity index (χ1v) is 5.24. The zero-order chi connectivity index (χ0) is 14.8. The van der Waals surface area contributed by atoms with Gasteiger partial charge in [-0.25, -0.2) is 0 Å². The van der Waals surface area contributed by atoms with E-state index in [1.165, 1.54) is 0 Å². The van der Waals surface area contributed by atoms with Gasteiger partial charge in [0, 0.05) is 12.0 Å². The molecule has 1 heterocycles. The maximum atomic E-state index is 12.7. The van der Waals surface area contributed by atoms with Crippen molar-refractivity contribution in [3.05, 3.63) is 26.9 Å². The van der Waals surface area contributed by atoms with E-state index in [1.54, 1.807) is 0 Å². The van der Waals surface area contributed by atoms with Crippen LogP contribution in [0.1, 0.15) is 17.4 Å². The minimum Gasteiger partial charge on any atom is -0.390 e. The lowest BCUT2D eigenvalue weighted by Crippen LogP contribution is -2.23. The Morgan fingerprint density at radius 2 is 2.11 bits per heavy atom. The van der Waals surface area contributed by atoms with Crippen LogP contribution in [-0.4, -0.2) is 32.6 Å². The Bertz CT molecular complexity index is 511. The first-order valence-electron chi connectivity index (χ1n) is 4.86. The van der Waals surface area contributed by atoms with E-state index in [9.17, 15) is 23.4 Å². The molecule has 1 aromatic heterocycles. The number of hydrogen-bond donors (Lipinski definition) is 2. The number of aliphatic hydroxyl groups excluding tert-OH is 2. The van der Waals surface area contributed by atoms with E-state index in [2.05, 4.69) is 15.1 Å². The number of hydrogen-bond acceptors (Lipinski definition) is 4. The minimum atomic E-state index is -4.83. The second kappa shape index (κ2) is 5.66. The molecule has 19 heavy (non-hydrogen) atoms. The van der Waals surface area contributed by atoms with Crippen LogP contribution < -0.4 is 0 Å². The lowest BCUT2D eigenvalue weighted by atomic mass is 10.0. The number of aliphatic hydroxyl groups is 2. The molecule has 2 N–H and O–H groups in total. The summed E-state index contributed by atoms with van der Waals surface area (Å²) in [6, 6.07) is 0. The van der Waals surface area contributed by atoms with Crippen molar-refractivity contribution in [2.24, 2.45) is 12.2 Å². The van der Waals surface area contributed by atoms with Gasteiger partial charge in [0.15, 0.2) is 5.69 Å². The zero-order valence-corrected chi connectivity index (χ0v) is 10.3. The molecule has 0 aliphatic carbocycles. The van der Waals surface area contributed by atoms with E-state index in [-0.39, 0.29) is 0 Å². The average Bonchev–Trinajstić information content (AvgIpc) is 2.62. The van der Waals surface area contributed by atoms with Crippen molar-refractivity contribution in [3.8, 4) is 0 Å². The van der Waals surface area contributed by atoms with Crippen molar-refractivity contribution in [1.29, 1.82) is 0 Å². The lowest BCUT2D eigenvalue weighted by molar-refractivity contribution is -0.143. The number of aryl methyl sites for hydroxylation is 1. The molecule has 2 atom stereocenters. The zero-order valence-electron chi connectivity index (χ0n) is 9.50. The molecule has 0 fully saturated rings. The molecule has 0 spiro atoms. The second-order valence-corrected chi connectivity index (χ2v) is 3.96. The standard InChI is InChI=1S/C8H9ClF3N5O2/c1-17-7(9)4(6(15-17)8(10,11)12)5(19)3(18)2-14-16-13/h3,5,18-19H,2H2,1H3. The third kappa shape index (κ3) is 3.29. The van der Waals surface area contributed by atoms with Crippen molar-refractivity contribution in [2.45, 2.75) is 18.4 Å². The van der Waals surface area contributed by atoms with Crippen LogP contribution >= 0.6 is 11.6 Å². The van der Waals surface area contributed by atoms with Crippen LogP contribution in [0.5, 0.6) is 0 Å². The molecule has 0 saturated carbocycles. The molecule has 0 bridgehead atoms. The molecule has 2 unspecified atom stereocenters. The highest BCUT2D eigenvalue weighted by molar-refractivity contribution is 6.30. The van der Waals surface area contributed by atoms with Gasteiger partial charge in [0.2, 0.25) is 0 Å². The van der Waals surface area contributed by atoms with E-state index in [0.29, 0.717) is 0 Å². The molecule has 1 aromatic rings. The van der Waals surface area contributed by atoms with Gasteiger partial charge in [0.25, 0.3) is 0 Å². The molecule has 0 amide bonds. The highest BCUT2D eigenvalue weighted by Gasteiger charge is 2.41. The highest BCUT2D eigenvalue weighted by atomic mass is 35.5. The number of aromatic nitrogens is 2. The average molecular weight is 300 g/mol. The summed E-state index contributed by atoms with van der Waals surface area (Å²) in [5, 5.41) is 24.8. The number of azide groups is 1. The number of alkyl halides is 3. The molecule has 0 aromatic carbocycles. The summed E-state index contributed by atoms with van der Waals surface area (Å²) in [6.45, 7) is -0.597. The Morgan fingerprint density at radius 3 is 2.58 bits per heavy atom. The quantitative estimate of drug-likeness (QED) is 0.503. The van der Waals surface area contributed by atoms with Crippen LogP contribution in [0.2, 0.25) is 5.15 Å². The molecule has 0 aliphatic heterocycles. The Morgan fingerprint density at radius 1 is 1.53 bits per heavy atom. The van der Waals surface area contributed by atoms with Gasteiger partial charge in [-0.1, -0.05) is 16.7 Å². The number of halogens is 4. The maximum Gasteiger partial charge on any atom is 0.435 e. The maximum absolute atomic E-state index is 12.7. The van der Waals surface area contributed by atoms with Crippen molar-refractivity contribution in [1.82, 2.24) is 9.78 Å². The third-order valence-corrected chi connectivity index (χ3v) is 2.72. The number of rotatable bonds is 4. The lowest BCUT2D eigenvalue weighted by Gasteiger charge is -2.17. The van der Waals surface area contributed by atoms with Gasteiger partial charge in [-0.3, -0.25) is 4.68 Å². The van der Waals surface area contributed by atoms with Crippen LogP contribution in [-0.2, 0) is 13.2 Å². The van der Waals surface area contributed by atoms with Gasteiger partial charge in [-0.05, 0) is 5.53 Å². The van der Waals surface area contributed by atoms with Gasteiger partial charge in [-0.2, -0.15) is 18.3 Å². The molecule has 0 saturated heterocycles. The van der Waals surface area contributed by atoms with E-state index < -0.39 is 41.3 Å². The van der Waals surface area contributed by atoms with Crippen LogP contribution in [0.15, 0.2) is 5.11 Å². The summed E-state index contributed by atoms with van der Waals surface area (Å²) in [5.74, 6) is 0. The van der Waals surface area contributed by atoms with Crippen LogP contribution in [0.3, 0.4) is 0 Å². The Labute approximate surface area is 109 Å². The molecule has 0 aliphatic rings. The first kappa shape index (κ1) is 15.6. The predicted octanol–water partition coefficient (Wildman–Crippen LogP) is 1.80. The fourth-order valence-electron chi connectivity index (χ4n) is 1.40. The van der Waals surface area contributed by atoms with Crippen LogP contribution in [0.4, 0.5) is 13.2 Å². The van der Waals surface area contributed by atoms with Gasteiger partial charge in [0.1, 0.15) is 11.3 Å². The summed E-state index contributed by atoms with van der Waals surface area (Å²) in [5.41, 5.74) is 5.90. The Kier molecular flexibility index (Phi) is 4.64. The number of nitrogens with zero attached hydrogens (tertiary/aromatic N) is 5. The monoisotopic (exact) mass is 299 g/mol. The summed E-state index contributed by atoms with van der Waals surface area (Å²) in [6.07, 6.45) is -8.53. The molecule has 1 rings (SSSR count). The second-order valence-electron chi connectivity index (χ2n) is 3.60. The Hall–Kier alpha value is -1.48. The summed E-state index contributed by atoms with van der Waals surface area (Å²) >= 11 is 5.62. The molecule has 11 heteroatoms. The largest absolute Gasteiger partial charge is 0.435 e. The topological polar surface area (TPSA) is 107 Å². The van der Waals surface area contributed by atoms with Crippen molar-refractivity contribution in [3.63, 3.8) is 0 Å². The van der Waals surface area contributed by atoms with Gasteiger partial charge in [0.05, 0.1) is 18.2 Å². The minimum absolute atomic E-state index is 0.459. The van der Waals surface area contributed by atoms with Crippen LogP contribution in [0, 0.1) is 0 Å². The molecule has 106 valence electrons. The van der Waals surface area contributed by atoms with Crippen molar-refractivity contribution < 1.29 is 23.4 Å². The summed E-state index contributed by atoms with van der Waals surface area (Å²) in [7, 11) is 1.16. The van der Waals surface area contributed by atoms with E-state index >= 15 is 0 Å². The molecule has 0 radical (unpaired) electrons. The molecular weight excluding hydrogens is 291 g/mol. The fraction of sp³-hybridized carbons (Fsp3) is 0.625. The van der Waals surface area contributed by atoms with Crippen LogP contribution in [0.25, 0.3) is 10.4 Å². The van der Waals surface area contributed by atoms with Crippen molar-refractivity contribution >= 4 is 11.6 Å².